The number of rotatable bonds is 20. The minimum Gasteiger partial charge on any atom is 1.00 e. The van der Waals surface area contributed by atoms with Crippen molar-refractivity contribution < 1.29 is 69.8 Å². The zero-order chi connectivity index (χ0) is 68.1. The second-order valence-electron chi connectivity index (χ2n) is 22.3. The molecule has 1 aliphatic heterocycles. The first-order valence-electron chi connectivity index (χ1n) is 31.4. The van der Waals surface area contributed by atoms with Crippen molar-refractivity contribution in [3.05, 3.63) is 205 Å². The van der Waals surface area contributed by atoms with Crippen molar-refractivity contribution in [3.63, 3.8) is 0 Å². The number of likely N-dealkylation sites (N-methyl/N-ethyl adjacent to an activating group) is 1. The number of nitrogens with zero attached hydrogens (tertiary/aromatic N) is 6. The predicted molar refractivity (Wildman–Crippen MR) is 372 cm³/mol. The van der Waals surface area contributed by atoms with E-state index in [1.165, 1.54) is 39.7 Å². The Morgan fingerprint density at radius 2 is 1.40 bits per heavy atom. The van der Waals surface area contributed by atoms with Crippen LogP contribution in [0.4, 0.5) is 11.4 Å². The number of benzene rings is 5. The normalized spacial score (nSPS) is 12.8. The number of anilines is 2. The van der Waals surface area contributed by atoms with Crippen LogP contribution in [0.2, 0.25) is 0 Å². The van der Waals surface area contributed by atoms with Crippen molar-refractivity contribution in [2.75, 3.05) is 71.9 Å². The van der Waals surface area contributed by atoms with Crippen molar-refractivity contribution in [2.24, 2.45) is 11.1 Å². The SMILES string of the molecule is CC(C)NNC(=O)c1ccncc1.CCN(CC)CC#CCOC(=O)C(O)(c1ccccc1)C1CCCCC1.CN(C)CCCN1c2ccccc2Sc2ccccc21.CNCCc1ccccn1.Cc1onc(-c2ccccc2)c1-c1ccc(S(N)(=O)=O)cc1.O=[As][O-].[Na+]. The summed E-state index contributed by atoms with van der Waals surface area (Å²) >= 11 is 0.0614. The smallest absolute Gasteiger partial charge is 1.00 e. The number of hydrogen-bond donors (Lipinski definition) is 5. The number of carbonyl (C=O) groups is 2. The Bertz CT molecular complexity index is 3630. The standard InChI is InChI=1S/C22H31NO3.C17H20N2S.C16H14N2O3S.C9H13N3O.C8H12N2.AsHO2.Na/c1-3-23(4-2)17-11-12-18-26-21(24)22(25,19-13-7-5-8-14-19)20-15-9-6-10-16-20;1-18(2)12-7-13-19-14-8-3-5-10-16(14)20-17-11-6-4-9-15(17)19;1-11-15(12-7-9-14(10-8-12)22(17,19)20)16(18-21-11)13-5-3-2-4-6-13;1-7(2)11-12-9(13)8-3-5-10-6-4-8;1-9-7-5-8-4-2-3-6-10-8;2-1-3;/h5,7-8,13-14,20,25H,3-4,6,9-10,15-18H2,1-2H3;3-6,8-11H,7,12-13H2,1-2H3;2-10H,1H3,(H2,17,19,20);3-7,11H,1-2H3,(H,12,13);2-4,6,9H,5,7H2,1H3;(H,2,3);/q;;;;;;+1/p-1. The Balaban J connectivity index is 0.000000257. The summed E-state index contributed by atoms with van der Waals surface area (Å²) in [5, 5.41) is 23.7. The van der Waals surface area contributed by atoms with Gasteiger partial charge in [0.2, 0.25) is 10.0 Å². The van der Waals surface area contributed by atoms with Crippen LogP contribution in [0.15, 0.2) is 202 Å². The van der Waals surface area contributed by atoms with Crippen molar-refractivity contribution in [1.82, 2.24) is 41.1 Å². The second kappa shape index (κ2) is 44.2. The molecule has 1 aliphatic carbocycles. The number of aryl methyl sites for hydroxylation is 1. The molecule has 0 spiro atoms. The Morgan fingerprint density at radius 3 is 1.95 bits per heavy atom. The van der Waals surface area contributed by atoms with E-state index in [4.69, 9.17) is 22.2 Å². The van der Waals surface area contributed by atoms with Gasteiger partial charge >= 0.3 is 59.4 Å². The number of amides is 1. The minimum atomic E-state index is -3.70. The van der Waals surface area contributed by atoms with Gasteiger partial charge in [-0.2, -0.15) is 0 Å². The zero-order valence-electron chi connectivity index (χ0n) is 56.1. The molecule has 1 unspecified atom stereocenters. The molecule has 95 heavy (non-hydrogen) atoms. The maximum absolute atomic E-state index is 12.8. The summed E-state index contributed by atoms with van der Waals surface area (Å²) in [4.78, 5) is 41.9. The van der Waals surface area contributed by atoms with Gasteiger partial charge in [-0.25, -0.2) is 23.8 Å². The number of nitrogens with two attached hydrogens (primary N) is 1. The number of sulfonamides is 1. The van der Waals surface area contributed by atoms with Gasteiger partial charge in [-0.15, -0.1) is 0 Å². The fourth-order valence-electron chi connectivity index (χ4n) is 10.1. The number of aromatic nitrogens is 3. The summed E-state index contributed by atoms with van der Waals surface area (Å²) in [7, 11) is 2.51. The van der Waals surface area contributed by atoms with Gasteiger partial charge in [0, 0.05) is 76.7 Å². The first kappa shape index (κ1) is 80.7. The third kappa shape index (κ3) is 27.0. The van der Waals surface area contributed by atoms with Gasteiger partial charge in [0.05, 0.1) is 28.4 Å². The molecule has 0 radical (unpaired) electrons. The number of ether oxygens (including phenoxy) is 1. The van der Waals surface area contributed by atoms with Crippen molar-refractivity contribution >= 4 is 61.1 Å². The summed E-state index contributed by atoms with van der Waals surface area (Å²) in [6.45, 7) is 15.7. The van der Waals surface area contributed by atoms with Crippen LogP contribution in [0.3, 0.4) is 0 Å². The van der Waals surface area contributed by atoms with E-state index in [1.54, 1.807) is 36.7 Å². The van der Waals surface area contributed by atoms with E-state index in [2.05, 4.69) is 134 Å². The van der Waals surface area contributed by atoms with Crippen LogP contribution >= 0.6 is 11.8 Å². The molecule has 8 aromatic rings. The van der Waals surface area contributed by atoms with Gasteiger partial charge < -0.3 is 29.5 Å². The van der Waals surface area contributed by atoms with Crippen LogP contribution in [-0.4, -0.2) is 139 Å². The van der Waals surface area contributed by atoms with Gasteiger partial charge in [-0.05, 0) is 153 Å². The Kier molecular flexibility index (Phi) is 37.5. The fourth-order valence-corrected chi connectivity index (χ4v) is 11.7. The first-order valence-corrected chi connectivity index (χ1v) is 35.3. The van der Waals surface area contributed by atoms with Crippen LogP contribution in [0, 0.1) is 24.7 Å². The first-order chi connectivity index (χ1) is 45.4. The zero-order valence-corrected chi connectivity index (χ0v) is 61.6. The third-order valence-electron chi connectivity index (χ3n) is 15.0. The number of nitrogens with one attached hydrogen (secondary N) is 3. The monoisotopic (exact) mass is 1400 g/mol. The van der Waals surface area contributed by atoms with Gasteiger partial charge in [0.25, 0.3) is 5.91 Å². The van der Waals surface area contributed by atoms with E-state index in [-0.39, 0.29) is 58.9 Å². The number of para-hydroxylation sites is 2. The number of pyridine rings is 2. The number of hydrogen-bond acceptors (Lipinski definition) is 18. The fraction of sp³-hybridized carbons (Fsp3) is 0.347. The van der Waals surface area contributed by atoms with Gasteiger partial charge in [-0.1, -0.05) is 165 Å². The third-order valence-corrected chi connectivity index (χ3v) is 17.1. The molecule has 2 aliphatic rings. The molecule has 3 aromatic heterocycles. The summed E-state index contributed by atoms with van der Waals surface area (Å²) in [5.74, 6) is 5.77. The quantitative estimate of drug-likeness (QED) is 0.0215. The molecule has 0 bridgehead atoms. The van der Waals surface area contributed by atoms with E-state index in [0.29, 0.717) is 23.4 Å². The summed E-state index contributed by atoms with van der Waals surface area (Å²) in [6, 6.07) is 52.2. The molecule has 5 aromatic carbocycles. The van der Waals surface area contributed by atoms with E-state index < -0.39 is 37.6 Å². The van der Waals surface area contributed by atoms with Crippen molar-refractivity contribution in [1.29, 1.82) is 0 Å². The van der Waals surface area contributed by atoms with Crippen LogP contribution in [0.1, 0.15) is 93.6 Å². The van der Waals surface area contributed by atoms with Gasteiger partial charge in [0.1, 0.15) is 11.5 Å². The van der Waals surface area contributed by atoms with Gasteiger partial charge in [0.15, 0.2) is 12.2 Å². The Labute approximate surface area is 595 Å². The topological polar surface area (TPSA) is 262 Å². The maximum Gasteiger partial charge on any atom is 1.00 e. The number of esters is 1. The van der Waals surface area contributed by atoms with Crippen LogP contribution in [-0.2, 0) is 35.3 Å². The average Bonchev–Trinajstić information content (AvgIpc) is 0.908. The van der Waals surface area contributed by atoms with E-state index in [1.807, 2.05) is 125 Å². The second-order valence-corrected chi connectivity index (χ2v) is 25.3. The van der Waals surface area contributed by atoms with Crippen molar-refractivity contribution in [3.8, 4) is 34.2 Å². The number of aliphatic hydroxyl groups is 1. The molecule has 23 heteroatoms. The summed E-state index contributed by atoms with van der Waals surface area (Å²) in [5.41, 5.74) is 12.2. The van der Waals surface area contributed by atoms with Gasteiger partial charge in [-0.3, -0.25) is 25.1 Å². The molecule has 4 heterocycles. The summed E-state index contributed by atoms with van der Waals surface area (Å²) in [6.07, 6.45) is 12.1. The molecule has 1 fully saturated rings. The molecule has 1 atom stereocenters. The molecule has 6 N–H and O–H groups in total. The van der Waals surface area contributed by atoms with Crippen LogP contribution in [0.5, 0.6) is 0 Å². The number of hydrazine groups is 1. The maximum atomic E-state index is 12.8. The molecule has 0 saturated heterocycles. The largest absolute Gasteiger partial charge is 1.00 e. The molecular weight excluding hydrogens is 1310 g/mol. The molecule has 1 saturated carbocycles. The predicted octanol–water partition coefficient (Wildman–Crippen LogP) is 7.43. The molecule has 19 nitrogen and oxygen atoms in total. The molecule has 500 valence electrons. The van der Waals surface area contributed by atoms with E-state index >= 15 is 0 Å². The molecular formula is C72H90AsN10NaO9S2. The number of fused-ring (bicyclic) bond motifs is 2. The van der Waals surface area contributed by atoms with Crippen LogP contribution < -0.4 is 59.9 Å². The molecule has 10 rings (SSSR count). The Hall–Kier alpha value is -6.71. The summed E-state index contributed by atoms with van der Waals surface area (Å²) < 4.78 is 50.3. The number of primary sulfonamides is 1. The number of carbonyl (C=O) groups excluding carboxylic acids is 2. The van der Waals surface area contributed by atoms with Crippen molar-refractivity contribution in [2.45, 2.75) is 106 Å². The average molecular weight is 1400 g/mol. The van der Waals surface area contributed by atoms with E-state index in [9.17, 15) is 23.1 Å². The van der Waals surface area contributed by atoms with E-state index in [0.717, 1.165) is 99.3 Å². The molecule has 1 amide bonds. The van der Waals surface area contributed by atoms with Crippen LogP contribution in [0.25, 0.3) is 22.4 Å². The minimum absolute atomic E-state index is 0. The Morgan fingerprint density at radius 1 is 0.821 bits per heavy atom.